The zero-order chi connectivity index (χ0) is 14.9. The van der Waals surface area contributed by atoms with Crippen LogP contribution < -0.4 is 0 Å². The highest BCUT2D eigenvalue weighted by Crippen LogP contribution is 2.39. The summed E-state index contributed by atoms with van der Waals surface area (Å²) in [7, 11) is 0. The van der Waals surface area contributed by atoms with E-state index >= 15 is 0 Å². The Morgan fingerprint density at radius 2 is 1.70 bits per heavy atom. The van der Waals surface area contributed by atoms with Crippen molar-refractivity contribution >= 4 is 23.4 Å². The molecule has 1 aliphatic rings. The highest BCUT2D eigenvalue weighted by Gasteiger charge is 2.54. The molecule has 1 aromatic carbocycles. The lowest BCUT2D eigenvalue weighted by Gasteiger charge is -2.12. The Bertz CT molecular complexity index is 582. The van der Waals surface area contributed by atoms with Gasteiger partial charge in [-0.2, -0.15) is 0 Å². The molecule has 0 aromatic heterocycles. The van der Waals surface area contributed by atoms with Crippen LogP contribution in [0.1, 0.15) is 26.3 Å². The Labute approximate surface area is 118 Å². The first-order valence-corrected chi connectivity index (χ1v) is 6.71. The molecule has 3 heteroatoms. The van der Waals surface area contributed by atoms with Crippen molar-refractivity contribution in [1.29, 1.82) is 0 Å². The Morgan fingerprint density at radius 3 is 2.20 bits per heavy atom. The van der Waals surface area contributed by atoms with Crippen LogP contribution in [0.15, 0.2) is 36.4 Å². The van der Waals surface area contributed by atoms with Crippen molar-refractivity contribution in [3.05, 3.63) is 42.0 Å². The van der Waals surface area contributed by atoms with E-state index in [2.05, 4.69) is 0 Å². The minimum absolute atomic E-state index is 0.144. The van der Waals surface area contributed by atoms with Gasteiger partial charge in [0.1, 0.15) is 5.78 Å². The van der Waals surface area contributed by atoms with E-state index in [4.69, 9.17) is 0 Å². The molecule has 20 heavy (non-hydrogen) atoms. The topological polar surface area (TPSA) is 51.2 Å². The van der Waals surface area contributed by atoms with E-state index in [1.165, 1.54) is 6.08 Å². The third-order valence-electron chi connectivity index (χ3n) is 3.97. The first-order chi connectivity index (χ1) is 9.35. The average molecular weight is 270 g/mol. The van der Waals surface area contributed by atoms with E-state index in [1.54, 1.807) is 26.8 Å². The third-order valence-corrected chi connectivity index (χ3v) is 3.97. The van der Waals surface area contributed by atoms with Crippen molar-refractivity contribution in [3.8, 4) is 0 Å². The Kier molecular flexibility index (Phi) is 3.71. The quantitative estimate of drug-likeness (QED) is 0.627. The van der Waals surface area contributed by atoms with Crippen LogP contribution >= 0.6 is 0 Å². The predicted octanol–water partition coefficient (Wildman–Crippen LogP) is 2.70. The fourth-order valence-electron chi connectivity index (χ4n) is 2.68. The lowest BCUT2D eigenvalue weighted by molar-refractivity contribution is -0.135. The van der Waals surface area contributed by atoms with Gasteiger partial charge in [0, 0.05) is 5.92 Å². The van der Waals surface area contributed by atoms with E-state index in [-0.39, 0.29) is 17.3 Å². The largest absolute Gasteiger partial charge is 0.298 e. The summed E-state index contributed by atoms with van der Waals surface area (Å²) < 4.78 is 0. The number of hydrogen-bond acceptors (Lipinski definition) is 3. The average Bonchev–Trinajstić information content (AvgIpc) is 2.59. The Morgan fingerprint density at radius 1 is 1.10 bits per heavy atom. The molecule has 2 atom stereocenters. The summed E-state index contributed by atoms with van der Waals surface area (Å²) in [6.45, 7) is 4.86. The normalized spacial score (nSPS) is 25.4. The minimum Gasteiger partial charge on any atom is -0.298 e. The summed E-state index contributed by atoms with van der Waals surface area (Å²) in [4.78, 5) is 36.5. The van der Waals surface area contributed by atoms with E-state index in [0.29, 0.717) is 0 Å². The van der Waals surface area contributed by atoms with Crippen LogP contribution in [0.2, 0.25) is 0 Å². The lowest BCUT2D eigenvalue weighted by Crippen LogP contribution is -2.28. The summed E-state index contributed by atoms with van der Waals surface area (Å²) >= 11 is 0. The monoisotopic (exact) mass is 270 g/mol. The van der Waals surface area contributed by atoms with Crippen molar-refractivity contribution in [2.24, 2.45) is 17.3 Å². The third kappa shape index (κ3) is 2.36. The number of carbonyl (C=O) groups excluding carboxylic acids is 3. The molecule has 0 bridgehead atoms. The summed E-state index contributed by atoms with van der Waals surface area (Å²) in [5.74, 6) is -2.07. The second-order valence-corrected chi connectivity index (χ2v) is 5.77. The number of rotatable bonds is 3. The molecule has 1 saturated carbocycles. The number of Topliss-reactive ketones (excluding diaryl/α,β-unsaturated/α-hetero) is 2. The fourth-order valence-corrected chi connectivity index (χ4v) is 2.68. The van der Waals surface area contributed by atoms with Gasteiger partial charge < -0.3 is 0 Å². The van der Waals surface area contributed by atoms with Gasteiger partial charge in [0.2, 0.25) is 0 Å². The predicted molar refractivity (Wildman–Crippen MR) is 76.9 cm³/mol. The summed E-state index contributed by atoms with van der Waals surface area (Å²) in [6, 6.07) is 9.39. The van der Waals surface area contributed by atoms with E-state index < -0.39 is 17.3 Å². The van der Waals surface area contributed by atoms with Crippen LogP contribution in [-0.2, 0) is 14.4 Å². The molecule has 0 radical (unpaired) electrons. The highest BCUT2D eigenvalue weighted by molar-refractivity contribution is 6.24. The van der Waals surface area contributed by atoms with Gasteiger partial charge in [-0.1, -0.05) is 43.3 Å². The maximum Gasteiger partial charge on any atom is 0.166 e. The van der Waals surface area contributed by atoms with Crippen molar-refractivity contribution in [1.82, 2.24) is 0 Å². The molecule has 3 nitrogen and oxygen atoms in total. The van der Waals surface area contributed by atoms with Gasteiger partial charge >= 0.3 is 0 Å². The molecular formula is C17H18O3. The van der Waals surface area contributed by atoms with Gasteiger partial charge in [0.15, 0.2) is 11.6 Å². The van der Waals surface area contributed by atoms with Crippen molar-refractivity contribution < 1.29 is 14.4 Å². The van der Waals surface area contributed by atoms with Crippen LogP contribution in [0.25, 0.3) is 6.08 Å². The fraction of sp³-hybridized carbons (Fsp3) is 0.353. The highest BCUT2D eigenvalue weighted by atomic mass is 16.2. The molecule has 1 fully saturated rings. The van der Waals surface area contributed by atoms with Crippen LogP contribution in [-0.4, -0.2) is 17.3 Å². The van der Waals surface area contributed by atoms with E-state index in [1.807, 2.05) is 30.3 Å². The van der Waals surface area contributed by atoms with Gasteiger partial charge in [0.05, 0.1) is 11.3 Å². The van der Waals surface area contributed by atoms with Crippen molar-refractivity contribution in [2.75, 3.05) is 0 Å². The smallest absolute Gasteiger partial charge is 0.166 e. The minimum atomic E-state index is -1.04. The second kappa shape index (κ2) is 5.16. The summed E-state index contributed by atoms with van der Waals surface area (Å²) in [5, 5.41) is 0. The first kappa shape index (κ1) is 14.4. The van der Waals surface area contributed by atoms with Crippen LogP contribution in [0.4, 0.5) is 0 Å². The molecule has 0 aliphatic heterocycles. The maximum absolute atomic E-state index is 12.2. The van der Waals surface area contributed by atoms with Crippen LogP contribution in [0.5, 0.6) is 0 Å². The summed E-state index contributed by atoms with van der Waals surface area (Å²) in [5.41, 5.74) is -0.148. The second-order valence-electron chi connectivity index (χ2n) is 5.77. The molecule has 1 aliphatic carbocycles. The molecule has 0 N–H and O–H groups in total. The Hall–Kier alpha value is -2.03. The van der Waals surface area contributed by atoms with Gasteiger partial charge in [-0.05, 0) is 25.5 Å². The van der Waals surface area contributed by atoms with Gasteiger partial charge in [0.25, 0.3) is 0 Å². The number of allylic oxidation sites excluding steroid dienone is 1. The standard InChI is InChI=1S/C17H18O3/c1-11-14(16(20)17(2,3)15(11)19)13(18)10-9-12-7-5-4-6-8-12/h4-11,14H,1-3H3/b10-9+. The maximum atomic E-state index is 12.2. The molecule has 0 saturated heterocycles. The van der Waals surface area contributed by atoms with Gasteiger partial charge in [-0.25, -0.2) is 0 Å². The molecule has 1 aromatic rings. The van der Waals surface area contributed by atoms with Crippen molar-refractivity contribution in [2.45, 2.75) is 20.8 Å². The zero-order valence-corrected chi connectivity index (χ0v) is 11.9. The van der Waals surface area contributed by atoms with E-state index in [9.17, 15) is 14.4 Å². The van der Waals surface area contributed by atoms with Gasteiger partial charge in [-0.3, -0.25) is 14.4 Å². The van der Waals surface area contributed by atoms with Crippen molar-refractivity contribution in [3.63, 3.8) is 0 Å². The molecule has 104 valence electrons. The Balaban J connectivity index is 2.20. The molecule has 2 rings (SSSR count). The molecule has 0 heterocycles. The lowest BCUT2D eigenvalue weighted by atomic mass is 9.87. The van der Waals surface area contributed by atoms with Crippen LogP contribution in [0, 0.1) is 17.3 Å². The molecule has 2 unspecified atom stereocenters. The molecule has 0 amide bonds. The first-order valence-electron chi connectivity index (χ1n) is 6.71. The number of carbonyl (C=O) groups is 3. The van der Waals surface area contributed by atoms with E-state index in [0.717, 1.165) is 5.56 Å². The number of ketones is 3. The van der Waals surface area contributed by atoms with Gasteiger partial charge in [-0.15, -0.1) is 0 Å². The SMILES string of the molecule is CC1C(=O)C(C)(C)C(=O)C1C(=O)/C=C/c1ccccc1. The molecule has 0 spiro atoms. The summed E-state index contributed by atoms with van der Waals surface area (Å²) in [6.07, 6.45) is 3.08. The molecular weight excluding hydrogens is 252 g/mol. The number of hydrogen-bond donors (Lipinski definition) is 0. The zero-order valence-electron chi connectivity index (χ0n) is 11.9. The number of benzene rings is 1. The van der Waals surface area contributed by atoms with Crippen LogP contribution in [0.3, 0.4) is 0 Å².